The van der Waals surface area contributed by atoms with E-state index in [4.69, 9.17) is 21.1 Å². The Bertz CT molecular complexity index is 988. The van der Waals surface area contributed by atoms with E-state index in [0.717, 1.165) is 48.4 Å². The number of benzene rings is 3. The van der Waals surface area contributed by atoms with Gasteiger partial charge in [0.15, 0.2) is 11.5 Å². The van der Waals surface area contributed by atoms with Crippen molar-refractivity contribution in [2.24, 2.45) is 0 Å². The molecule has 150 valence electrons. The van der Waals surface area contributed by atoms with Crippen molar-refractivity contribution < 1.29 is 9.47 Å². The van der Waals surface area contributed by atoms with Crippen molar-refractivity contribution in [3.63, 3.8) is 0 Å². The second-order valence-electron chi connectivity index (χ2n) is 7.32. The topological polar surface area (TPSA) is 30.5 Å². The van der Waals surface area contributed by atoms with E-state index >= 15 is 0 Å². The number of methoxy groups -OCH3 is 2. The molecule has 0 amide bonds. The lowest BCUT2D eigenvalue weighted by molar-refractivity contribution is 0.353. The fourth-order valence-electron chi connectivity index (χ4n) is 4.28. The van der Waals surface area contributed by atoms with Gasteiger partial charge in [0.1, 0.15) is 0 Å². The minimum atomic E-state index is 0.227. The van der Waals surface area contributed by atoms with Crippen LogP contribution in [0, 0.1) is 0 Å². The maximum Gasteiger partial charge on any atom is 0.168 e. The van der Waals surface area contributed by atoms with Crippen LogP contribution in [0.2, 0.25) is 5.02 Å². The van der Waals surface area contributed by atoms with Gasteiger partial charge in [0.25, 0.3) is 0 Å². The lowest BCUT2D eigenvalue weighted by Gasteiger charge is -2.31. The number of hydrogen-bond acceptors (Lipinski definition) is 3. The minimum Gasteiger partial charge on any atom is -0.493 e. The van der Waals surface area contributed by atoms with E-state index in [1.54, 1.807) is 14.2 Å². The van der Waals surface area contributed by atoms with E-state index in [0.29, 0.717) is 5.02 Å². The largest absolute Gasteiger partial charge is 0.493 e. The van der Waals surface area contributed by atoms with Crippen LogP contribution in [-0.2, 0) is 12.8 Å². The first kappa shape index (κ1) is 19.8. The fourth-order valence-corrected chi connectivity index (χ4v) is 4.51. The highest BCUT2D eigenvalue weighted by atomic mass is 35.5. The number of fused-ring (bicyclic) bond motifs is 1. The van der Waals surface area contributed by atoms with Crippen LogP contribution in [0.5, 0.6) is 11.5 Å². The van der Waals surface area contributed by atoms with Gasteiger partial charge in [0, 0.05) is 22.2 Å². The summed E-state index contributed by atoms with van der Waals surface area (Å²) in [6, 6.07) is 20.9. The number of ether oxygens (including phenoxy) is 2. The Kier molecular flexibility index (Phi) is 6.08. The molecule has 29 heavy (non-hydrogen) atoms. The number of halogens is 1. The molecule has 0 saturated carbocycles. The summed E-state index contributed by atoms with van der Waals surface area (Å²) in [7, 11) is 3.38. The van der Waals surface area contributed by atoms with E-state index in [1.165, 1.54) is 16.7 Å². The van der Waals surface area contributed by atoms with Gasteiger partial charge in [-0.05, 0) is 54.6 Å². The first-order valence-electron chi connectivity index (χ1n) is 10.0. The molecule has 0 spiro atoms. The van der Waals surface area contributed by atoms with Gasteiger partial charge in [0.05, 0.1) is 14.2 Å². The molecule has 0 saturated heterocycles. The van der Waals surface area contributed by atoms with Crippen LogP contribution in [0.3, 0.4) is 0 Å². The van der Waals surface area contributed by atoms with Gasteiger partial charge in [-0.1, -0.05) is 60.1 Å². The molecule has 0 aromatic heterocycles. The van der Waals surface area contributed by atoms with Crippen molar-refractivity contribution in [2.45, 2.75) is 25.3 Å². The molecule has 1 aliphatic rings. The molecule has 4 heteroatoms. The Balaban J connectivity index is 1.84. The third kappa shape index (κ3) is 3.98. The van der Waals surface area contributed by atoms with Crippen LogP contribution in [0.25, 0.3) is 11.1 Å². The van der Waals surface area contributed by atoms with Gasteiger partial charge in [-0.25, -0.2) is 0 Å². The average molecular weight is 408 g/mol. The summed E-state index contributed by atoms with van der Waals surface area (Å²) in [4.78, 5) is 0. The van der Waals surface area contributed by atoms with E-state index in [-0.39, 0.29) is 6.04 Å². The van der Waals surface area contributed by atoms with Gasteiger partial charge in [-0.2, -0.15) is 0 Å². The van der Waals surface area contributed by atoms with Gasteiger partial charge in [-0.15, -0.1) is 0 Å². The lowest BCUT2D eigenvalue weighted by atomic mass is 9.83. The maximum atomic E-state index is 6.63. The normalized spacial score (nSPS) is 15.6. The third-order valence-electron chi connectivity index (χ3n) is 5.64. The fraction of sp³-hybridized carbons (Fsp3) is 0.280. The molecule has 0 aliphatic carbocycles. The molecule has 3 aromatic rings. The van der Waals surface area contributed by atoms with Crippen LogP contribution < -0.4 is 14.8 Å². The predicted octanol–water partition coefficient (Wildman–Crippen LogP) is 5.84. The Morgan fingerprint density at radius 3 is 2.48 bits per heavy atom. The first-order valence-corrected chi connectivity index (χ1v) is 10.4. The quantitative estimate of drug-likeness (QED) is 0.556. The number of rotatable bonds is 6. The van der Waals surface area contributed by atoms with E-state index in [1.807, 2.05) is 18.2 Å². The maximum absolute atomic E-state index is 6.63. The number of nitrogens with one attached hydrogen (secondary N) is 1. The van der Waals surface area contributed by atoms with Crippen molar-refractivity contribution in [3.05, 3.63) is 82.4 Å². The zero-order valence-corrected chi connectivity index (χ0v) is 17.6. The predicted molar refractivity (Wildman–Crippen MR) is 119 cm³/mol. The Morgan fingerprint density at radius 1 is 1.00 bits per heavy atom. The highest BCUT2D eigenvalue weighted by molar-refractivity contribution is 6.33. The SMILES string of the molecule is COc1cc2c(c(-c3ccccc3Cl)c1OC)C(CCc1ccccc1)NCC2. The number of hydrogen-bond donors (Lipinski definition) is 1. The summed E-state index contributed by atoms with van der Waals surface area (Å²) in [5.74, 6) is 1.50. The molecule has 1 unspecified atom stereocenters. The zero-order chi connectivity index (χ0) is 20.2. The van der Waals surface area contributed by atoms with Crippen molar-refractivity contribution >= 4 is 11.6 Å². The molecular formula is C25H26ClNO2. The van der Waals surface area contributed by atoms with Crippen molar-refractivity contribution in [1.29, 1.82) is 0 Å². The monoisotopic (exact) mass is 407 g/mol. The summed E-state index contributed by atoms with van der Waals surface area (Å²) < 4.78 is 11.5. The van der Waals surface area contributed by atoms with Crippen LogP contribution in [0.15, 0.2) is 60.7 Å². The summed E-state index contributed by atoms with van der Waals surface area (Å²) in [5, 5.41) is 4.44. The summed E-state index contributed by atoms with van der Waals surface area (Å²) in [5.41, 5.74) is 5.95. The van der Waals surface area contributed by atoms with E-state index in [9.17, 15) is 0 Å². The van der Waals surface area contributed by atoms with Crippen molar-refractivity contribution in [2.75, 3.05) is 20.8 Å². The highest BCUT2D eigenvalue weighted by Gasteiger charge is 2.29. The Labute approximate surface area is 177 Å². The molecule has 1 heterocycles. The second kappa shape index (κ2) is 8.89. The molecule has 3 aromatic carbocycles. The first-order chi connectivity index (χ1) is 14.2. The van der Waals surface area contributed by atoms with Crippen LogP contribution in [0.4, 0.5) is 0 Å². The van der Waals surface area contributed by atoms with Crippen molar-refractivity contribution in [1.82, 2.24) is 5.32 Å². The molecule has 4 rings (SSSR count). The van der Waals surface area contributed by atoms with Gasteiger partial charge in [0.2, 0.25) is 0 Å². The van der Waals surface area contributed by atoms with E-state index < -0.39 is 0 Å². The molecule has 1 N–H and O–H groups in total. The Morgan fingerprint density at radius 2 is 1.76 bits per heavy atom. The molecule has 0 radical (unpaired) electrons. The zero-order valence-electron chi connectivity index (χ0n) is 16.9. The summed E-state index contributed by atoms with van der Waals surface area (Å²) in [6.07, 6.45) is 2.97. The van der Waals surface area contributed by atoms with Crippen LogP contribution >= 0.6 is 11.6 Å². The number of aryl methyl sites for hydroxylation is 1. The molecule has 3 nitrogen and oxygen atoms in total. The average Bonchev–Trinajstić information content (AvgIpc) is 2.77. The molecule has 1 atom stereocenters. The van der Waals surface area contributed by atoms with Gasteiger partial charge >= 0.3 is 0 Å². The summed E-state index contributed by atoms with van der Waals surface area (Å²) >= 11 is 6.63. The Hall–Kier alpha value is -2.49. The molecule has 1 aliphatic heterocycles. The second-order valence-corrected chi connectivity index (χ2v) is 7.73. The smallest absolute Gasteiger partial charge is 0.168 e. The van der Waals surface area contributed by atoms with Crippen molar-refractivity contribution in [3.8, 4) is 22.6 Å². The van der Waals surface area contributed by atoms with E-state index in [2.05, 4.69) is 47.8 Å². The third-order valence-corrected chi connectivity index (χ3v) is 5.97. The summed E-state index contributed by atoms with van der Waals surface area (Å²) in [6.45, 7) is 0.948. The van der Waals surface area contributed by atoms with Gasteiger partial charge < -0.3 is 14.8 Å². The van der Waals surface area contributed by atoms with Gasteiger partial charge in [-0.3, -0.25) is 0 Å². The van der Waals surface area contributed by atoms with Crippen LogP contribution in [-0.4, -0.2) is 20.8 Å². The molecule has 0 bridgehead atoms. The lowest BCUT2D eigenvalue weighted by Crippen LogP contribution is -2.31. The van der Waals surface area contributed by atoms with Crippen LogP contribution in [0.1, 0.15) is 29.2 Å². The molecular weight excluding hydrogens is 382 g/mol. The molecule has 0 fully saturated rings. The standard InChI is InChI=1S/C25H26ClNO2/c1-28-22-16-18-14-15-27-21(13-12-17-8-4-3-5-9-17)23(18)24(25(22)29-2)19-10-6-7-11-20(19)26/h3-11,16,21,27H,12-15H2,1-2H3. The minimum absolute atomic E-state index is 0.227. The highest BCUT2D eigenvalue weighted by Crippen LogP contribution is 2.48.